The average molecular weight is 367 g/mol. The smallest absolute Gasteiger partial charge is 0.319 e. The minimum Gasteiger partial charge on any atom is -0.482 e. The molecule has 1 aliphatic heterocycles. The summed E-state index contributed by atoms with van der Waals surface area (Å²) in [5.41, 5.74) is 3.51. The highest BCUT2D eigenvalue weighted by molar-refractivity contribution is 5.95. The molecule has 0 spiro atoms. The Balaban J connectivity index is 1.62. The van der Waals surface area contributed by atoms with E-state index in [1.165, 1.54) is 5.56 Å². The van der Waals surface area contributed by atoms with Crippen molar-refractivity contribution in [3.05, 3.63) is 53.6 Å². The Morgan fingerprint density at radius 2 is 1.85 bits per heavy atom. The summed E-state index contributed by atoms with van der Waals surface area (Å²) in [5.74, 6) is 0.450. The SMILES string of the molecule is CC(NC(=O)Nc1ccc(C(C)(C)C)cc1)c1ccc2c(c1)NC(=O)CO2. The Bertz CT molecular complexity index is 854. The van der Waals surface area contributed by atoms with Gasteiger partial charge in [0.1, 0.15) is 5.75 Å². The minimum atomic E-state index is -0.288. The predicted molar refractivity (Wildman–Crippen MR) is 106 cm³/mol. The van der Waals surface area contributed by atoms with Crippen molar-refractivity contribution in [2.45, 2.75) is 39.2 Å². The van der Waals surface area contributed by atoms with Crippen molar-refractivity contribution in [1.29, 1.82) is 0 Å². The first-order chi connectivity index (χ1) is 12.7. The number of hydrogen-bond acceptors (Lipinski definition) is 3. The van der Waals surface area contributed by atoms with Crippen LogP contribution >= 0.6 is 0 Å². The first-order valence-electron chi connectivity index (χ1n) is 8.97. The molecule has 0 aliphatic carbocycles. The number of anilines is 2. The second-order valence-corrected chi connectivity index (χ2v) is 7.74. The largest absolute Gasteiger partial charge is 0.482 e. The highest BCUT2D eigenvalue weighted by Gasteiger charge is 2.18. The van der Waals surface area contributed by atoms with Gasteiger partial charge in [-0.15, -0.1) is 0 Å². The number of hydrogen-bond donors (Lipinski definition) is 3. The first kappa shape index (κ1) is 18.8. The fourth-order valence-electron chi connectivity index (χ4n) is 2.87. The van der Waals surface area contributed by atoms with Crippen molar-refractivity contribution in [1.82, 2.24) is 5.32 Å². The molecule has 6 nitrogen and oxygen atoms in total. The number of carbonyl (C=O) groups is 2. The fraction of sp³-hybridized carbons (Fsp3) is 0.333. The topological polar surface area (TPSA) is 79.5 Å². The number of urea groups is 1. The molecule has 27 heavy (non-hydrogen) atoms. The summed E-state index contributed by atoms with van der Waals surface area (Å²) in [6, 6.07) is 12.8. The molecule has 1 heterocycles. The van der Waals surface area contributed by atoms with Gasteiger partial charge in [-0.25, -0.2) is 4.79 Å². The summed E-state index contributed by atoms with van der Waals surface area (Å²) in [7, 11) is 0. The summed E-state index contributed by atoms with van der Waals surface area (Å²) in [4.78, 5) is 23.8. The maximum absolute atomic E-state index is 12.3. The molecule has 6 heteroatoms. The molecule has 1 unspecified atom stereocenters. The van der Waals surface area contributed by atoms with Crippen molar-refractivity contribution < 1.29 is 14.3 Å². The Hall–Kier alpha value is -3.02. The standard InChI is InChI=1S/C21H25N3O3/c1-13(14-5-10-18-17(11-14)24-19(25)12-27-18)22-20(26)23-16-8-6-15(7-9-16)21(2,3)4/h5-11,13H,12H2,1-4H3,(H,24,25)(H2,22,23,26). The van der Waals surface area contributed by atoms with Crippen LogP contribution in [0.15, 0.2) is 42.5 Å². The molecule has 0 saturated heterocycles. The fourth-order valence-corrected chi connectivity index (χ4v) is 2.87. The molecule has 0 bridgehead atoms. The van der Waals surface area contributed by atoms with Gasteiger partial charge in [-0.05, 0) is 47.7 Å². The number of rotatable bonds is 3. The summed E-state index contributed by atoms with van der Waals surface area (Å²) >= 11 is 0. The van der Waals surface area contributed by atoms with E-state index in [0.717, 1.165) is 11.3 Å². The van der Waals surface area contributed by atoms with E-state index in [0.29, 0.717) is 11.4 Å². The number of ether oxygens (including phenoxy) is 1. The molecular formula is C21H25N3O3. The zero-order valence-corrected chi connectivity index (χ0v) is 16.1. The van der Waals surface area contributed by atoms with Gasteiger partial charge in [0, 0.05) is 5.69 Å². The van der Waals surface area contributed by atoms with Crippen LogP contribution in [0.4, 0.5) is 16.2 Å². The van der Waals surface area contributed by atoms with Gasteiger partial charge >= 0.3 is 6.03 Å². The van der Waals surface area contributed by atoms with Crippen LogP contribution < -0.4 is 20.7 Å². The van der Waals surface area contributed by atoms with Crippen molar-refractivity contribution in [2.75, 3.05) is 17.2 Å². The van der Waals surface area contributed by atoms with Gasteiger partial charge < -0.3 is 20.7 Å². The molecule has 0 fully saturated rings. The lowest BCUT2D eigenvalue weighted by molar-refractivity contribution is -0.118. The molecule has 3 amide bonds. The number of amides is 3. The number of carbonyl (C=O) groups excluding carboxylic acids is 2. The Labute approximate surface area is 159 Å². The third-order valence-corrected chi connectivity index (χ3v) is 4.49. The first-order valence-corrected chi connectivity index (χ1v) is 8.97. The third kappa shape index (κ3) is 4.58. The summed E-state index contributed by atoms with van der Waals surface area (Å²) < 4.78 is 5.35. The highest BCUT2D eigenvalue weighted by Crippen LogP contribution is 2.30. The van der Waals surface area contributed by atoms with Crippen LogP contribution in [0.25, 0.3) is 0 Å². The van der Waals surface area contributed by atoms with Gasteiger partial charge in [0.05, 0.1) is 11.7 Å². The van der Waals surface area contributed by atoms with E-state index in [2.05, 4.69) is 36.7 Å². The lowest BCUT2D eigenvalue weighted by Crippen LogP contribution is -2.31. The van der Waals surface area contributed by atoms with E-state index in [9.17, 15) is 9.59 Å². The summed E-state index contributed by atoms with van der Waals surface area (Å²) in [6.07, 6.45) is 0. The lowest BCUT2D eigenvalue weighted by Gasteiger charge is -2.21. The normalized spacial score (nSPS) is 14.4. The van der Waals surface area contributed by atoms with Crippen LogP contribution in [0.1, 0.15) is 44.9 Å². The monoisotopic (exact) mass is 367 g/mol. The number of benzene rings is 2. The van der Waals surface area contributed by atoms with E-state index in [-0.39, 0.29) is 30.0 Å². The molecule has 2 aromatic rings. The van der Waals surface area contributed by atoms with Crippen LogP contribution in [-0.2, 0) is 10.2 Å². The van der Waals surface area contributed by atoms with Crippen LogP contribution in [0.2, 0.25) is 0 Å². The zero-order valence-electron chi connectivity index (χ0n) is 16.1. The van der Waals surface area contributed by atoms with Gasteiger partial charge in [0.15, 0.2) is 6.61 Å². The zero-order chi connectivity index (χ0) is 19.6. The molecular weight excluding hydrogens is 342 g/mol. The van der Waals surface area contributed by atoms with Crippen LogP contribution in [0.5, 0.6) is 5.75 Å². The van der Waals surface area contributed by atoms with Crippen molar-refractivity contribution in [3.63, 3.8) is 0 Å². The van der Waals surface area contributed by atoms with E-state index in [1.54, 1.807) is 6.07 Å². The predicted octanol–water partition coefficient (Wildman–Crippen LogP) is 4.20. The molecule has 3 N–H and O–H groups in total. The van der Waals surface area contributed by atoms with E-state index in [4.69, 9.17) is 4.74 Å². The maximum atomic E-state index is 12.3. The second-order valence-electron chi connectivity index (χ2n) is 7.74. The molecule has 0 aromatic heterocycles. The van der Waals surface area contributed by atoms with Crippen molar-refractivity contribution >= 4 is 23.3 Å². The van der Waals surface area contributed by atoms with Gasteiger partial charge in [0.2, 0.25) is 0 Å². The molecule has 1 aliphatic rings. The summed E-state index contributed by atoms with van der Waals surface area (Å²) in [6.45, 7) is 8.35. The van der Waals surface area contributed by atoms with Crippen LogP contribution in [0, 0.1) is 0 Å². The molecule has 0 radical (unpaired) electrons. The number of nitrogens with one attached hydrogen (secondary N) is 3. The third-order valence-electron chi connectivity index (χ3n) is 4.49. The van der Waals surface area contributed by atoms with Gasteiger partial charge in [-0.1, -0.05) is 39.0 Å². The average Bonchev–Trinajstić information content (AvgIpc) is 2.60. The van der Waals surface area contributed by atoms with Gasteiger partial charge in [0.25, 0.3) is 5.91 Å². The van der Waals surface area contributed by atoms with Crippen molar-refractivity contribution in [2.24, 2.45) is 0 Å². The maximum Gasteiger partial charge on any atom is 0.319 e. The lowest BCUT2D eigenvalue weighted by atomic mass is 9.87. The Morgan fingerprint density at radius 1 is 1.15 bits per heavy atom. The Kier molecular flexibility index (Phi) is 5.08. The van der Waals surface area contributed by atoms with Crippen LogP contribution in [0.3, 0.4) is 0 Å². The van der Waals surface area contributed by atoms with Gasteiger partial charge in [-0.3, -0.25) is 4.79 Å². The molecule has 1 atom stereocenters. The Morgan fingerprint density at radius 3 is 2.52 bits per heavy atom. The van der Waals surface area contributed by atoms with E-state index >= 15 is 0 Å². The van der Waals surface area contributed by atoms with Gasteiger partial charge in [-0.2, -0.15) is 0 Å². The van der Waals surface area contributed by atoms with Crippen molar-refractivity contribution in [3.8, 4) is 5.75 Å². The molecule has 142 valence electrons. The molecule has 0 saturated carbocycles. The number of fused-ring (bicyclic) bond motifs is 1. The van der Waals surface area contributed by atoms with Crippen LogP contribution in [-0.4, -0.2) is 18.5 Å². The molecule has 3 rings (SSSR count). The molecule has 2 aromatic carbocycles. The second kappa shape index (κ2) is 7.31. The summed E-state index contributed by atoms with van der Waals surface area (Å²) in [5, 5.41) is 8.52. The quantitative estimate of drug-likeness (QED) is 0.761. The van der Waals surface area contributed by atoms with E-state index in [1.807, 2.05) is 43.3 Å². The van der Waals surface area contributed by atoms with E-state index < -0.39 is 0 Å². The minimum absolute atomic E-state index is 0.0244. The highest BCUT2D eigenvalue weighted by atomic mass is 16.5.